The number of carbonyl (C=O) groups excluding carboxylic acids is 2. The molecule has 0 aliphatic rings. The van der Waals surface area contributed by atoms with Gasteiger partial charge in [0, 0.05) is 12.8 Å². The predicted molar refractivity (Wildman–Crippen MR) is 175 cm³/mol. The van der Waals surface area contributed by atoms with Crippen molar-refractivity contribution in [1.82, 2.24) is 0 Å². The number of aliphatic hydroxyl groups is 4. The molecular weight excluding hydrogens is 564 g/mol. The molecule has 0 amide bonds. The molecular formula is C34H70N2O8+2. The molecule has 10 nitrogen and oxygen atoms in total. The Morgan fingerprint density at radius 3 is 1.02 bits per heavy atom. The molecule has 0 aliphatic carbocycles. The minimum absolute atomic E-state index is 0.0812. The highest BCUT2D eigenvalue weighted by Crippen LogP contribution is 2.15. The lowest BCUT2D eigenvalue weighted by atomic mass is 10.1. The number of rotatable bonds is 33. The fourth-order valence-corrected chi connectivity index (χ4v) is 5.92. The molecule has 0 heterocycles. The van der Waals surface area contributed by atoms with Crippen LogP contribution < -0.4 is 0 Å². The average molecular weight is 635 g/mol. The molecule has 0 rings (SSSR count). The largest absolute Gasteiger partial charge is 0.460 e. The summed E-state index contributed by atoms with van der Waals surface area (Å²) >= 11 is 0. The normalized spacial score (nSPS) is 12.0. The molecule has 0 atom stereocenters. The third-order valence-corrected chi connectivity index (χ3v) is 8.97. The second-order valence-corrected chi connectivity index (χ2v) is 12.6. The molecule has 262 valence electrons. The Morgan fingerprint density at radius 1 is 0.432 bits per heavy atom. The Bertz CT molecular complexity index is 612. The highest BCUT2D eigenvalue weighted by Gasteiger charge is 2.34. The Morgan fingerprint density at radius 2 is 0.727 bits per heavy atom. The van der Waals surface area contributed by atoms with Gasteiger partial charge in [-0.1, -0.05) is 90.9 Å². The lowest BCUT2D eigenvalue weighted by molar-refractivity contribution is -0.981. The van der Waals surface area contributed by atoms with Gasteiger partial charge >= 0.3 is 11.9 Å². The quantitative estimate of drug-likeness (QED) is 0.0485. The van der Waals surface area contributed by atoms with Crippen LogP contribution in [-0.4, -0.2) is 133 Å². The number of nitrogens with zero attached hydrogens (tertiary/aromatic N) is 2. The SMILES string of the molecule is CCCCCCCCCC(=O)OCC[N+](CCO)(CCO)CC[N+](CCO)(CCO)CCOC(=O)CCCCCCCCC. The summed E-state index contributed by atoms with van der Waals surface area (Å²) in [5.41, 5.74) is 0. The monoisotopic (exact) mass is 635 g/mol. The van der Waals surface area contributed by atoms with Crippen LogP contribution in [0.15, 0.2) is 0 Å². The molecule has 0 bridgehead atoms. The maximum absolute atomic E-state index is 12.3. The zero-order valence-corrected chi connectivity index (χ0v) is 28.5. The molecule has 10 heteroatoms. The maximum Gasteiger partial charge on any atom is 0.305 e. The molecule has 44 heavy (non-hydrogen) atoms. The first-order chi connectivity index (χ1) is 21.4. The Hall–Kier alpha value is -1.30. The lowest BCUT2D eigenvalue weighted by Crippen LogP contribution is -2.62. The molecule has 0 saturated heterocycles. The van der Waals surface area contributed by atoms with Gasteiger partial charge in [0.25, 0.3) is 0 Å². The third-order valence-electron chi connectivity index (χ3n) is 8.97. The van der Waals surface area contributed by atoms with Crippen molar-refractivity contribution in [2.75, 3.05) is 92.0 Å². The van der Waals surface area contributed by atoms with E-state index in [2.05, 4.69) is 13.8 Å². The van der Waals surface area contributed by atoms with Crippen molar-refractivity contribution in [3.63, 3.8) is 0 Å². The lowest BCUT2D eigenvalue weighted by Gasteiger charge is -2.43. The smallest absolute Gasteiger partial charge is 0.305 e. The number of unbranched alkanes of at least 4 members (excludes halogenated alkanes) is 12. The van der Waals surface area contributed by atoms with Crippen LogP contribution in [-0.2, 0) is 19.1 Å². The van der Waals surface area contributed by atoms with Gasteiger partial charge < -0.3 is 38.9 Å². The van der Waals surface area contributed by atoms with Gasteiger partial charge in [0.1, 0.15) is 65.6 Å². The van der Waals surface area contributed by atoms with E-state index in [1.54, 1.807) is 0 Å². The van der Waals surface area contributed by atoms with Gasteiger partial charge in [-0.15, -0.1) is 0 Å². The zero-order chi connectivity index (χ0) is 32.8. The summed E-state index contributed by atoms with van der Waals surface area (Å²) in [7, 11) is 0. The maximum atomic E-state index is 12.3. The van der Waals surface area contributed by atoms with Crippen LogP contribution in [0, 0.1) is 0 Å². The summed E-state index contributed by atoms with van der Waals surface area (Å²) in [4.78, 5) is 24.7. The van der Waals surface area contributed by atoms with Gasteiger partial charge in [0.15, 0.2) is 0 Å². The van der Waals surface area contributed by atoms with Crippen LogP contribution >= 0.6 is 0 Å². The summed E-state index contributed by atoms with van der Waals surface area (Å²) < 4.78 is 11.8. The first kappa shape index (κ1) is 42.7. The first-order valence-corrected chi connectivity index (χ1v) is 17.8. The second kappa shape index (κ2) is 29.1. The first-order valence-electron chi connectivity index (χ1n) is 17.8. The summed E-state index contributed by atoms with van der Waals surface area (Å²) in [6, 6.07) is 0. The van der Waals surface area contributed by atoms with Crippen LogP contribution in [0.5, 0.6) is 0 Å². The van der Waals surface area contributed by atoms with E-state index in [-0.39, 0.29) is 51.6 Å². The molecule has 0 saturated carbocycles. The summed E-state index contributed by atoms with van der Waals surface area (Å²) in [6.07, 6.45) is 16.6. The highest BCUT2D eigenvalue weighted by molar-refractivity contribution is 5.69. The second-order valence-electron chi connectivity index (χ2n) is 12.6. The summed E-state index contributed by atoms with van der Waals surface area (Å²) in [5.74, 6) is -0.428. The third kappa shape index (κ3) is 22.2. The van der Waals surface area contributed by atoms with Crippen molar-refractivity contribution in [3.8, 4) is 0 Å². The Kier molecular flexibility index (Phi) is 28.3. The fourth-order valence-electron chi connectivity index (χ4n) is 5.92. The van der Waals surface area contributed by atoms with Gasteiger partial charge in [-0.05, 0) is 12.8 Å². The molecule has 0 aromatic rings. The van der Waals surface area contributed by atoms with Gasteiger partial charge in [-0.2, -0.15) is 0 Å². The van der Waals surface area contributed by atoms with E-state index in [4.69, 9.17) is 9.47 Å². The molecule has 4 N–H and O–H groups in total. The number of aliphatic hydroxyl groups excluding tert-OH is 4. The van der Waals surface area contributed by atoms with Crippen LogP contribution in [0.4, 0.5) is 0 Å². The van der Waals surface area contributed by atoms with Gasteiger partial charge in [-0.3, -0.25) is 9.59 Å². The number of carbonyl (C=O) groups is 2. The van der Waals surface area contributed by atoms with Crippen molar-refractivity contribution in [3.05, 3.63) is 0 Å². The minimum Gasteiger partial charge on any atom is -0.460 e. The van der Waals surface area contributed by atoms with Crippen molar-refractivity contribution in [1.29, 1.82) is 0 Å². The number of hydrogen-bond donors (Lipinski definition) is 4. The molecule has 0 unspecified atom stereocenters. The molecule has 0 fully saturated rings. The Labute approximate surface area is 268 Å². The predicted octanol–water partition coefficient (Wildman–Crippen LogP) is 3.96. The minimum atomic E-state index is -0.214. The molecule has 0 aliphatic heterocycles. The van der Waals surface area contributed by atoms with Gasteiger partial charge in [0.05, 0.1) is 26.4 Å². The topological polar surface area (TPSA) is 134 Å². The van der Waals surface area contributed by atoms with Crippen LogP contribution in [0.1, 0.15) is 117 Å². The van der Waals surface area contributed by atoms with Gasteiger partial charge in [-0.25, -0.2) is 0 Å². The van der Waals surface area contributed by atoms with Crippen LogP contribution in [0.2, 0.25) is 0 Å². The average Bonchev–Trinajstić information content (AvgIpc) is 3.00. The number of esters is 2. The molecule has 0 aromatic carbocycles. The number of quaternary nitrogens is 2. The van der Waals surface area contributed by atoms with E-state index in [9.17, 15) is 30.0 Å². The van der Waals surface area contributed by atoms with Crippen molar-refractivity contribution in [2.24, 2.45) is 0 Å². The molecule has 0 spiro atoms. The standard InChI is InChI=1S/C34H70N2O8/c1-3-5-7-9-11-13-15-17-33(41)43-31-25-35(21-27-37,22-28-38)19-20-36(23-29-39,24-30-40)26-32-44-34(42)18-16-14-12-10-8-6-4-2/h37-40H,3-32H2,1-2H3/q+2. The highest BCUT2D eigenvalue weighted by atomic mass is 16.5. The molecule has 0 aromatic heterocycles. The van der Waals surface area contributed by atoms with E-state index in [0.717, 1.165) is 38.5 Å². The molecule has 0 radical (unpaired) electrons. The zero-order valence-electron chi connectivity index (χ0n) is 28.5. The van der Waals surface area contributed by atoms with Crippen molar-refractivity contribution in [2.45, 2.75) is 117 Å². The van der Waals surface area contributed by atoms with E-state index in [1.807, 2.05) is 0 Å². The summed E-state index contributed by atoms with van der Waals surface area (Å²) in [5, 5.41) is 39.6. The van der Waals surface area contributed by atoms with Crippen molar-refractivity contribution >= 4 is 11.9 Å². The number of ether oxygens (including phenoxy) is 2. The fraction of sp³-hybridized carbons (Fsp3) is 0.941. The Balaban J connectivity index is 4.93. The van der Waals surface area contributed by atoms with E-state index >= 15 is 0 Å². The van der Waals surface area contributed by atoms with Crippen LogP contribution in [0.25, 0.3) is 0 Å². The number of hydrogen-bond acceptors (Lipinski definition) is 8. The van der Waals surface area contributed by atoms with E-state index in [1.165, 1.54) is 51.4 Å². The van der Waals surface area contributed by atoms with E-state index < -0.39 is 0 Å². The van der Waals surface area contributed by atoms with Gasteiger partial charge in [0.2, 0.25) is 0 Å². The summed E-state index contributed by atoms with van der Waals surface area (Å²) in [6.45, 7) is 8.03. The van der Waals surface area contributed by atoms with Crippen molar-refractivity contribution < 1.29 is 48.5 Å². The van der Waals surface area contributed by atoms with Crippen LogP contribution in [0.3, 0.4) is 0 Å². The van der Waals surface area contributed by atoms with E-state index in [0.29, 0.717) is 74.2 Å².